The highest BCUT2D eigenvalue weighted by molar-refractivity contribution is 6.04. The number of nitrogens with one attached hydrogen (secondary N) is 2. The van der Waals surface area contributed by atoms with Crippen molar-refractivity contribution in [3.05, 3.63) is 35.7 Å². The van der Waals surface area contributed by atoms with Gasteiger partial charge in [0.25, 0.3) is 5.91 Å². The van der Waals surface area contributed by atoms with E-state index in [2.05, 4.69) is 20.7 Å². The number of hydrogen-bond donors (Lipinski definition) is 3. The van der Waals surface area contributed by atoms with Gasteiger partial charge in [0.2, 0.25) is 0 Å². The van der Waals surface area contributed by atoms with Crippen molar-refractivity contribution < 1.29 is 13.6 Å². The van der Waals surface area contributed by atoms with E-state index in [0.717, 1.165) is 18.3 Å². The van der Waals surface area contributed by atoms with Crippen molar-refractivity contribution in [2.75, 3.05) is 11.1 Å². The van der Waals surface area contributed by atoms with E-state index in [9.17, 15) is 13.6 Å². The fourth-order valence-electron chi connectivity index (χ4n) is 1.18. The summed E-state index contributed by atoms with van der Waals surface area (Å²) in [6.07, 6.45) is 1.14. The molecule has 1 aromatic carbocycles. The molecule has 0 atom stereocenters. The smallest absolute Gasteiger partial charge is 0.277 e. The van der Waals surface area contributed by atoms with Gasteiger partial charge in [0.1, 0.15) is 5.69 Å². The molecule has 0 radical (unpaired) electrons. The van der Waals surface area contributed by atoms with E-state index >= 15 is 0 Å². The van der Waals surface area contributed by atoms with Gasteiger partial charge in [-0.15, -0.1) is 0 Å². The highest BCUT2D eigenvalue weighted by atomic mass is 19.2. The Labute approximate surface area is 93.8 Å². The highest BCUT2D eigenvalue weighted by Crippen LogP contribution is 2.24. The molecule has 0 saturated heterocycles. The molecule has 17 heavy (non-hydrogen) atoms. The molecule has 0 fully saturated rings. The average Bonchev–Trinajstić information content (AvgIpc) is 2.83. The number of amides is 1. The lowest BCUT2D eigenvalue weighted by Gasteiger charge is -2.08. The number of anilines is 2. The second-order valence-electron chi connectivity index (χ2n) is 3.13. The molecule has 0 aliphatic heterocycles. The minimum Gasteiger partial charge on any atom is -0.397 e. The summed E-state index contributed by atoms with van der Waals surface area (Å²) in [5, 5.41) is 11.2. The number of halogens is 2. The number of nitrogens with two attached hydrogens (primary N) is 1. The van der Waals surface area contributed by atoms with Crippen molar-refractivity contribution in [3.63, 3.8) is 0 Å². The Balaban J connectivity index is 2.31. The Bertz CT molecular complexity index is 555. The summed E-state index contributed by atoms with van der Waals surface area (Å²) in [4.78, 5) is 11.5. The van der Waals surface area contributed by atoms with Gasteiger partial charge in [-0.3, -0.25) is 4.79 Å². The first-order chi connectivity index (χ1) is 8.09. The molecule has 1 heterocycles. The van der Waals surface area contributed by atoms with E-state index in [1.54, 1.807) is 0 Å². The Hall–Kier alpha value is -2.51. The van der Waals surface area contributed by atoms with Gasteiger partial charge < -0.3 is 11.1 Å². The maximum Gasteiger partial charge on any atom is 0.277 e. The topological polar surface area (TPSA) is 96.7 Å². The number of rotatable bonds is 2. The average molecular weight is 239 g/mol. The van der Waals surface area contributed by atoms with Gasteiger partial charge in [-0.2, -0.15) is 15.4 Å². The van der Waals surface area contributed by atoms with Crippen LogP contribution in [0.25, 0.3) is 0 Å². The van der Waals surface area contributed by atoms with Crippen LogP contribution in [0.1, 0.15) is 10.5 Å². The summed E-state index contributed by atoms with van der Waals surface area (Å²) in [6, 6.07) is 2.02. The monoisotopic (exact) mass is 239 g/mol. The van der Waals surface area contributed by atoms with Gasteiger partial charge in [0.15, 0.2) is 17.3 Å². The second kappa shape index (κ2) is 4.16. The Morgan fingerprint density at radius 3 is 2.82 bits per heavy atom. The van der Waals surface area contributed by atoms with E-state index in [4.69, 9.17) is 5.73 Å². The molecule has 1 amide bonds. The first-order valence-corrected chi connectivity index (χ1v) is 4.50. The zero-order valence-electron chi connectivity index (χ0n) is 8.37. The van der Waals surface area contributed by atoms with Crippen LogP contribution in [-0.2, 0) is 0 Å². The lowest BCUT2D eigenvalue weighted by Crippen LogP contribution is -2.15. The SMILES string of the molecule is Nc1ccc(F)c(F)c1NC(=O)c1cn[nH]n1. The van der Waals surface area contributed by atoms with Crippen LogP contribution in [0.2, 0.25) is 0 Å². The highest BCUT2D eigenvalue weighted by Gasteiger charge is 2.16. The summed E-state index contributed by atoms with van der Waals surface area (Å²) in [5.41, 5.74) is 4.86. The van der Waals surface area contributed by atoms with Crippen molar-refractivity contribution in [1.82, 2.24) is 15.4 Å². The van der Waals surface area contributed by atoms with Crippen molar-refractivity contribution in [2.45, 2.75) is 0 Å². The van der Waals surface area contributed by atoms with Crippen LogP contribution in [0.15, 0.2) is 18.3 Å². The quantitative estimate of drug-likeness (QED) is 0.679. The van der Waals surface area contributed by atoms with Gasteiger partial charge in [0, 0.05) is 0 Å². The molecular weight excluding hydrogens is 232 g/mol. The van der Waals surface area contributed by atoms with Crippen LogP contribution in [0.4, 0.5) is 20.2 Å². The molecule has 0 aliphatic rings. The third kappa shape index (κ3) is 2.05. The number of benzene rings is 1. The largest absolute Gasteiger partial charge is 0.397 e. The van der Waals surface area contributed by atoms with Crippen molar-refractivity contribution in [2.24, 2.45) is 0 Å². The zero-order chi connectivity index (χ0) is 12.4. The van der Waals surface area contributed by atoms with Crippen LogP contribution in [0.3, 0.4) is 0 Å². The van der Waals surface area contributed by atoms with E-state index in [1.807, 2.05) is 0 Å². The van der Waals surface area contributed by atoms with Gasteiger partial charge in [-0.05, 0) is 12.1 Å². The molecule has 0 saturated carbocycles. The minimum atomic E-state index is -1.22. The molecule has 8 heteroatoms. The van der Waals surface area contributed by atoms with E-state index in [1.165, 1.54) is 0 Å². The molecule has 0 spiro atoms. The van der Waals surface area contributed by atoms with E-state index < -0.39 is 23.2 Å². The Morgan fingerprint density at radius 2 is 2.18 bits per heavy atom. The standard InChI is InChI=1S/C9H7F2N5O/c10-4-1-2-5(12)8(7(4)11)14-9(17)6-3-13-16-15-6/h1-3H,12H2,(H,14,17)(H,13,15,16). The number of H-pyrrole nitrogens is 1. The maximum atomic E-state index is 13.4. The van der Waals surface area contributed by atoms with Gasteiger partial charge >= 0.3 is 0 Å². The van der Waals surface area contributed by atoms with Crippen LogP contribution in [0, 0.1) is 11.6 Å². The summed E-state index contributed by atoms with van der Waals surface area (Å²) >= 11 is 0. The zero-order valence-corrected chi connectivity index (χ0v) is 8.37. The molecule has 1 aromatic heterocycles. The third-order valence-corrected chi connectivity index (χ3v) is 2.01. The summed E-state index contributed by atoms with van der Waals surface area (Å²) in [6.45, 7) is 0. The molecule has 2 aromatic rings. The Kier molecular flexibility index (Phi) is 2.69. The number of carbonyl (C=O) groups excluding carboxylic acids is 1. The lowest BCUT2D eigenvalue weighted by molar-refractivity contribution is 0.102. The number of aromatic amines is 1. The molecule has 2 rings (SSSR count). The summed E-state index contributed by atoms with van der Waals surface area (Å²) < 4.78 is 26.3. The van der Waals surface area contributed by atoms with E-state index in [0.29, 0.717) is 0 Å². The molecule has 0 aliphatic carbocycles. The summed E-state index contributed by atoms with van der Waals surface area (Å²) in [7, 11) is 0. The predicted octanol–water partition coefficient (Wildman–Crippen LogP) is 0.917. The number of nitrogens with zero attached hydrogens (tertiary/aromatic N) is 2. The Morgan fingerprint density at radius 1 is 1.41 bits per heavy atom. The number of aromatic nitrogens is 3. The van der Waals surface area contributed by atoms with Crippen LogP contribution < -0.4 is 11.1 Å². The minimum absolute atomic E-state index is 0.0620. The maximum absolute atomic E-state index is 13.4. The molecular formula is C9H7F2N5O. The molecule has 0 bridgehead atoms. The number of nitrogen functional groups attached to an aromatic ring is 1. The van der Waals surface area contributed by atoms with Crippen molar-refractivity contribution in [1.29, 1.82) is 0 Å². The van der Waals surface area contributed by atoms with Crippen LogP contribution in [0.5, 0.6) is 0 Å². The fraction of sp³-hybridized carbons (Fsp3) is 0. The summed E-state index contributed by atoms with van der Waals surface area (Å²) in [5.74, 6) is -3.06. The molecule has 4 N–H and O–H groups in total. The van der Waals surface area contributed by atoms with Crippen LogP contribution in [-0.4, -0.2) is 21.3 Å². The van der Waals surface area contributed by atoms with Gasteiger partial charge in [-0.25, -0.2) is 8.78 Å². The third-order valence-electron chi connectivity index (χ3n) is 2.01. The molecule has 0 unspecified atom stereocenters. The first-order valence-electron chi connectivity index (χ1n) is 4.50. The number of carbonyl (C=O) groups is 1. The predicted molar refractivity (Wildman–Crippen MR) is 55.1 cm³/mol. The fourth-order valence-corrected chi connectivity index (χ4v) is 1.18. The van der Waals surface area contributed by atoms with E-state index in [-0.39, 0.29) is 11.4 Å². The van der Waals surface area contributed by atoms with Gasteiger partial charge in [-0.1, -0.05) is 0 Å². The second-order valence-corrected chi connectivity index (χ2v) is 3.13. The van der Waals surface area contributed by atoms with Crippen molar-refractivity contribution >= 4 is 17.3 Å². The molecule has 88 valence electrons. The van der Waals surface area contributed by atoms with Crippen molar-refractivity contribution in [3.8, 4) is 0 Å². The van der Waals surface area contributed by atoms with Gasteiger partial charge in [0.05, 0.1) is 11.9 Å². The van der Waals surface area contributed by atoms with Crippen LogP contribution >= 0.6 is 0 Å². The molecule has 6 nitrogen and oxygen atoms in total. The first kappa shape index (κ1) is 11.0. The number of hydrogen-bond acceptors (Lipinski definition) is 4. The normalized spacial score (nSPS) is 10.2. The lowest BCUT2D eigenvalue weighted by atomic mass is 10.2.